The van der Waals surface area contributed by atoms with Crippen molar-refractivity contribution in [1.29, 1.82) is 5.26 Å². The van der Waals surface area contributed by atoms with Gasteiger partial charge in [-0.3, -0.25) is 4.79 Å². The number of nitrogens with zero attached hydrogens (tertiary/aromatic N) is 1. The molecule has 0 saturated heterocycles. The van der Waals surface area contributed by atoms with Crippen molar-refractivity contribution in [2.24, 2.45) is 0 Å². The maximum Gasteiger partial charge on any atom is 0.321 e. The van der Waals surface area contributed by atoms with Crippen molar-refractivity contribution in [2.75, 3.05) is 0 Å². The topological polar surface area (TPSA) is 95.2 Å². The quantitative estimate of drug-likeness (QED) is 0.884. The highest BCUT2D eigenvalue weighted by atomic mass is 32.2. The van der Waals surface area contributed by atoms with E-state index in [9.17, 15) is 17.6 Å². The third-order valence-corrected chi connectivity index (χ3v) is 4.73. The predicted octanol–water partition coefficient (Wildman–Crippen LogP) is 1.48. The summed E-state index contributed by atoms with van der Waals surface area (Å²) in [7, 11) is -4.02. The lowest BCUT2D eigenvalue weighted by molar-refractivity contribution is -0.136. The highest BCUT2D eigenvalue weighted by Gasteiger charge is 2.31. The summed E-state index contributed by atoms with van der Waals surface area (Å²) in [4.78, 5) is 10.9. The van der Waals surface area contributed by atoms with Crippen LogP contribution >= 0.6 is 0 Å². The fourth-order valence-electron chi connectivity index (χ4n) is 1.65. The van der Waals surface area contributed by atoms with Gasteiger partial charge in [0.2, 0.25) is 0 Å². The highest BCUT2D eigenvalue weighted by Crippen LogP contribution is 2.18. The van der Waals surface area contributed by atoms with E-state index in [2.05, 4.69) is 0 Å². The minimum Gasteiger partial charge on any atom is -0.480 e. The Hall–Kier alpha value is -1.94. The molecule has 7 heteroatoms. The van der Waals surface area contributed by atoms with Crippen LogP contribution in [0.2, 0.25) is 0 Å². The molecule has 0 saturated carbocycles. The zero-order valence-electron chi connectivity index (χ0n) is 10.1. The van der Waals surface area contributed by atoms with Crippen molar-refractivity contribution < 1.29 is 22.7 Å². The monoisotopic (exact) mass is 285 g/mol. The summed E-state index contributed by atoms with van der Waals surface area (Å²) >= 11 is 0. The molecule has 1 rings (SSSR count). The third kappa shape index (κ3) is 3.51. The largest absolute Gasteiger partial charge is 0.480 e. The second-order valence-corrected chi connectivity index (χ2v) is 6.14. The molecule has 102 valence electrons. The molecule has 0 spiro atoms. The summed E-state index contributed by atoms with van der Waals surface area (Å²) in [6.07, 6.45) is -0.1000. The minimum absolute atomic E-state index is 0.1000. The zero-order valence-corrected chi connectivity index (χ0v) is 10.9. The van der Waals surface area contributed by atoms with Crippen LogP contribution in [0, 0.1) is 17.1 Å². The molecule has 0 aliphatic rings. The summed E-state index contributed by atoms with van der Waals surface area (Å²) in [6.45, 7) is 1.43. The molecule has 19 heavy (non-hydrogen) atoms. The van der Waals surface area contributed by atoms with Gasteiger partial charge in [0.15, 0.2) is 15.1 Å². The molecule has 0 aromatic heterocycles. The normalized spacial score (nSPS) is 12.7. The van der Waals surface area contributed by atoms with Gasteiger partial charge in [0, 0.05) is 5.56 Å². The van der Waals surface area contributed by atoms with Gasteiger partial charge in [0.25, 0.3) is 0 Å². The molecule has 0 heterocycles. The van der Waals surface area contributed by atoms with E-state index in [0.717, 1.165) is 12.1 Å². The molecular formula is C12H12FNO4S. The number of rotatable bonds is 5. The number of aliphatic carboxylic acids is 1. The van der Waals surface area contributed by atoms with E-state index in [1.165, 1.54) is 13.0 Å². The summed E-state index contributed by atoms with van der Waals surface area (Å²) in [6, 6.07) is 5.09. The Morgan fingerprint density at radius 2 is 2.16 bits per heavy atom. The molecule has 1 atom stereocenters. The number of carboxylic acids is 1. The number of benzene rings is 1. The van der Waals surface area contributed by atoms with E-state index in [-0.39, 0.29) is 17.5 Å². The van der Waals surface area contributed by atoms with Gasteiger partial charge in [-0.25, -0.2) is 12.8 Å². The summed E-state index contributed by atoms with van der Waals surface area (Å²) in [5.41, 5.74) is -0.0753. The predicted molar refractivity (Wildman–Crippen MR) is 65.5 cm³/mol. The summed E-state index contributed by atoms with van der Waals surface area (Å²) < 4.78 is 37.3. The number of hydrogen-bond acceptors (Lipinski definition) is 4. The van der Waals surface area contributed by atoms with Crippen molar-refractivity contribution in [2.45, 2.75) is 24.3 Å². The molecule has 1 aromatic rings. The van der Waals surface area contributed by atoms with Crippen molar-refractivity contribution in [3.05, 3.63) is 35.1 Å². The molecule has 0 bridgehead atoms. The SMILES string of the molecule is CCC(C(=O)O)S(=O)(=O)Cc1cc(C#N)ccc1F. The van der Waals surface area contributed by atoms with E-state index in [1.807, 2.05) is 0 Å². The summed E-state index contributed by atoms with van der Waals surface area (Å²) in [5.74, 6) is -2.97. The first kappa shape index (κ1) is 15.1. The van der Waals surface area contributed by atoms with Gasteiger partial charge in [-0.15, -0.1) is 0 Å². The van der Waals surface area contributed by atoms with Crippen molar-refractivity contribution in [3.63, 3.8) is 0 Å². The van der Waals surface area contributed by atoms with Gasteiger partial charge < -0.3 is 5.11 Å². The van der Waals surface area contributed by atoms with E-state index < -0.39 is 32.6 Å². The van der Waals surface area contributed by atoms with Crippen LogP contribution in [-0.4, -0.2) is 24.7 Å². The number of carboxylic acid groups (broad SMARTS) is 1. The number of hydrogen-bond donors (Lipinski definition) is 1. The number of carbonyl (C=O) groups is 1. The Kier molecular flexibility index (Phi) is 4.62. The molecule has 1 N–H and O–H groups in total. The Balaban J connectivity index is 3.15. The Bertz CT molecular complexity index is 634. The Labute approximate surface area is 110 Å². The van der Waals surface area contributed by atoms with Crippen LogP contribution in [0.1, 0.15) is 24.5 Å². The number of halogens is 1. The molecule has 1 aromatic carbocycles. The van der Waals surface area contributed by atoms with E-state index in [1.54, 1.807) is 6.07 Å². The first-order chi connectivity index (χ1) is 8.81. The number of nitriles is 1. The fraction of sp³-hybridized carbons (Fsp3) is 0.333. The van der Waals surface area contributed by atoms with Gasteiger partial charge in [0.05, 0.1) is 17.4 Å². The average Bonchev–Trinajstić information content (AvgIpc) is 2.31. The number of sulfone groups is 1. The standard InChI is InChI=1S/C12H12FNO4S/c1-2-11(12(15)16)19(17,18)7-9-5-8(6-14)3-4-10(9)13/h3-5,11H,2,7H2,1H3,(H,15,16). The van der Waals surface area contributed by atoms with Crippen LogP contribution < -0.4 is 0 Å². The molecule has 0 aliphatic carbocycles. The van der Waals surface area contributed by atoms with Gasteiger partial charge in [0.1, 0.15) is 5.82 Å². The maximum atomic E-state index is 13.5. The van der Waals surface area contributed by atoms with E-state index >= 15 is 0 Å². The first-order valence-corrected chi connectivity index (χ1v) is 7.16. The zero-order chi connectivity index (χ0) is 14.6. The Morgan fingerprint density at radius 1 is 1.53 bits per heavy atom. The van der Waals surface area contributed by atoms with Crippen LogP contribution in [0.3, 0.4) is 0 Å². The second kappa shape index (κ2) is 5.80. The highest BCUT2D eigenvalue weighted by molar-refractivity contribution is 7.92. The Morgan fingerprint density at radius 3 is 2.63 bits per heavy atom. The molecule has 0 amide bonds. The van der Waals surface area contributed by atoms with E-state index in [4.69, 9.17) is 10.4 Å². The lowest BCUT2D eigenvalue weighted by Gasteiger charge is -2.12. The van der Waals surface area contributed by atoms with Crippen LogP contribution in [0.5, 0.6) is 0 Å². The average molecular weight is 285 g/mol. The lowest BCUT2D eigenvalue weighted by Crippen LogP contribution is -2.30. The van der Waals surface area contributed by atoms with Gasteiger partial charge in [-0.2, -0.15) is 5.26 Å². The van der Waals surface area contributed by atoms with Gasteiger partial charge in [-0.05, 0) is 24.6 Å². The van der Waals surface area contributed by atoms with Crippen LogP contribution in [-0.2, 0) is 20.4 Å². The maximum absolute atomic E-state index is 13.5. The first-order valence-electron chi connectivity index (χ1n) is 5.44. The molecule has 0 aliphatic heterocycles. The van der Waals surface area contributed by atoms with Crippen molar-refractivity contribution >= 4 is 15.8 Å². The minimum atomic E-state index is -4.02. The molecule has 1 unspecified atom stereocenters. The van der Waals surface area contributed by atoms with Crippen molar-refractivity contribution in [3.8, 4) is 6.07 Å². The molecule has 0 fully saturated rings. The van der Waals surface area contributed by atoms with Crippen molar-refractivity contribution in [1.82, 2.24) is 0 Å². The van der Waals surface area contributed by atoms with Gasteiger partial charge in [-0.1, -0.05) is 6.92 Å². The van der Waals surface area contributed by atoms with Crippen LogP contribution in [0.25, 0.3) is 0 Å². The lowest BCUT2D eigenvalue weighted by atomic mass is 10.1. The molecule has 5 nitrogen and oxygen atoms in total. The van der Waals surface area contributed by atoms with Crippen LogP contribution in [0.4, 0.5) is 4.39 Å². The second-order valence-electron chi connectivity index (χ2n) is 3.96. The third-order valence-electron chi connectivity index (χ3n) is 2.61. The summed E-state index contributed by atoms with van der Waals surface area (Å²) in [5, 5.41) is 15.9. The van der Waals surface area contributed by atoms with E-state index in [0.29, 0.717) is 0 Å². The van der Waals surface area contributed by atoms with Crippen LogP contribution in [0.15, 0.2) is 18.2 Å². The fourth-order valence-corrected chi connectivity index (χ4v) is 3.33. The smallest absolute Gasteiger partial charge is 0.321 e. The molecule has 0 radical (unpaired) electrons. The molecular weight excluding hydrogens is 273 g/mol. The van der Waals surface area contributed by atoms with Gasteiger partial charge >= 0.3 is 5.97 Å².